The van der Waals surface area contributed by atoms with E-state index in [2.05, 4.69) is 43.5 Å². The van der Waals surface area contributed by atoms with E-state index in [0.717, 1.165) is 38.5 Å². The number of nitrogens with one attached hydrogen (secondary N) is 1. The van der Waals surface area contributed by atoms with E-state index < -0.39 is 20.0 Å². The summed E-state index contributed by atoms with van der Waals surface area (Å²) in [4.78, 5) is 23.3. The molecule has 420 valence electrons. The van der Waals surface area contributed by atoms with Gasteiger partial charge in [0.2, 0.25) is 5.91 Å². The highest BCUT2D eigenvalue weighted by Crippen LogP contribution is 2.43. The molecule has 0 aromatic heterocycles. The summed E-state index contributed by atoms with van der Waals surface area (Å²) in [6.07, 6.45) is 69.8. The van der Waals surface area contributed by atoms with Gasteiger partial charge < -0.3 is 19.8 Å². The third kappa shape index (κ3) is 56.3. The Kier molecular flexibility index (Phi) is 52.6. The van der Waals surface area contributed by atoms with Crippen molar-refractivity contribution in [3.8, 4) is 0 Å². The molecule has 0 aliphatic carbocycles. The van der Waals surface area contributed by atoms with Crippen LogP contribution < -0.4 is 5.32 Å². The molecular formula is C62H122N2O6P+. The van der Waals surface area contributed by atoms with Crippen molar-refractivity contribution in [3.05, 3.63) is 36.5 Å². The number of carbonyl (C=O) groups excluding carboxylic acids is 1. The summed E-state index contributed by atoms with van der Waals surface area (Å²) in [5, 5.41) is 13.9. The quantitative estimate of drug-likeness (QED) is 0.0243. The van der Waals surface area contributed by atoms with E-state index in [9.17, 15) is 19.4 Å². The fraction of sp³-hybridized carbons (Fsp3) is 0.887. The maximum atomic E-state index is 13.0. The Morgan fingerprint density at radius 3 is 1.13 bits per heavy atom. The second-order valence-corrected chi connectivity index (χ2v) is 23.9. The Balaban J connectivity index is 4.19. The van der Waals surface area contributed by atoms with Crippen LogP contribution in [0.4, 0.5) is 0 Å². The maximum Gasteiger partial charge on any atom is 0.472 e. The van der Waals surface area contributed by atoms with Crippen LogP contribution in [0.5, 0.6) is 0 Å². The number of allylic oxidation sites excluding steroid dienone is 5. The summed E-state index contributed by atoms with van der Waals surface area (Å²) in [5.74, 6) is -0.183. The molecule has 0 saturated carbocycles. The van der Waals surface area contributed by atoms with E-state index in [1.807, 2.05) is 27.2 Å². The number of unbranched alkanes of at least 4 members (excludes halogenated alkanes) is 40. The van der Waals surface area contributed by atoms with Crippen molar-refractivity contribution < 1.29 is 32.9 Å². The topological polar surface area (TPSA) is 105 Å². The Morgan fingerprint density at radius 2 is 0.775 bits per heavy atom. The van der Waals surface area contributed by atoms with Gasteiger partial charge in [0.1, 0.15) is 13.2 Å². The van der Waals surface area contributed by atoms with Gasteiger partial charge in [0, 0.05) is 6.42 Å². The molecule has 0 aliphatic rings. The van der Waals surface area contributed by atoms with Gasteiger partial charge in [-0.3, -0.25) is 13.8 Å². The molecule has 0 radical (unpaired) electrons. The van der Waals surface area contributed by atoms with E-state index in [1.165, 1.54) is 244 Å². The first-order chi connectivity index (χ1) is 34.5. The number of carbonyl (C=O) groups is 1. The molecule has 0 fully saturated rings. The highest BCUT2D eigenvalue weighted by Gasteiger charge is 2.27. The van der Waals surface area contributed by atoms with Gasteiger partial charge in [0.25, 0.3) is 0 Å². The van der Waals surface area contributed by atoms with E-state index in [1.54, 1.807) is 6.08 Å². The third-order valence-electron chi connectivity index (χ3n) is 14.1. The molecule has 9 heteroatoms. The number of aliphatic hydroxyl groups is 1. The molecule has 0 aromatic carbocycles. The number of rotatable bonds is 57. The minimum atomic E-state index is -4.36. The molecule has 8 nitrogen and oxygen atoms in total. The number of hydrogen-bond acceptors (Lipinski definition) is 5. The largest absolute Gasteiger partial charge is 0.472 e. The summed E-state index contributed by atoms with van der Waals surface area (Å²) in [6, 6.07) is -0.863. The second-order valence-electron chi connectivity index (χ2n) is 22.4. The van der Waals surface area contributed by atoms with Crippen LogP contribution >= 0.6 is 7.82 Å². The molecule has 1 amide bonds. The van der Waals surface area contributed by atoms with Crippen LogP contribution in [0.2, 0.25) is 0 Å². The monoisotopic (exact) mass is 1020 g/mol. The van der Waals surface area contributed by atoms with Crippen LogP contribution in [0.25, 0.3) is 0 Å². The normalized spacial score (nSPS) is 14.1. The van der Waals surface area contributed by atoms with Crippen LogP contribution in [0.15, 0.2) is 36.5 Å². The third-order valence-corrected chi connectivity index (χ3v) is 15.1. The van der Waals surface area contributed by atoms with Gasteiger partial charge in [-0.2, -0.15) is 0 Å². The molecule has 0 aliphatic heterocycles. The lowest BCUT2D eigenvalue weighted by Crippen LogP contribution is -2.45. The molecule has 0 bridgehead atoms. The minimum absolute atomic E-state index is 0.0573. The van der Waals surface area contributed by atoms with Gasteiger partial charge in [-0.15, -0.1) is 0 Å². The number of aliphatic hydroxyl groups excluding tert-OH is 1. The van der Waals surface area contributed by atoms with Crippen LogP contribution in [-0.4, -0.2) is 73.4 Å². The van der Waals surface area contributed by atoms with E-state index >= 15 is 0 Å². The molecule has 0 heterocycles. The van der Waals surface area contributed by atoms with Crippen molar-refractivity contribution in [2.24, 2.45) is 0 Å². The lowest BCUT2D eigenvalue weighted by Gasteiger charge is -2.25. The summed E-state index contributed by atoms with van der Waals surface area (Å²) in [7, 11) is 1.57. The molecule has 0 aromatic rings. The zero-order valence-electron chi connectivity index (χ0n) is 48.0. The van der Waals surface area contributed by atoms with E-state index in [0.29, 0.717) is 17.4 Å². The molecule has 3 atom stereocenters. The average molecular weight is 1020 g/mol. The van der Waals surface area contributed by atoms with Crippen LogP contribution in [0, 0.1) is 0 Å². The van der Waals surface area contributed by atoms with Crippen molar-refractivity contribution in [2.75, 3.05) is 40.9 Å². The van der Waals surface area contributed by atoms with Gasteiger partial charge in [-0.1, -0.05) is 275 Å². The maximum absolute atomic E-state index is 13.0. The lowest BCUT2D eigenvalue weighted by atomic mass is 10.0. The molecule has 0 rings (SSSR count). The predicted octanol–water partition coefficient (Wildman–Crippen LogP) is 18.9. The lowest BCUT2D eigenvalue weighted by molar-refractivity contribution is -0.870. The number of likely N-dealkylation sites (N-methyl/N-ethyl adjacent to an activating group) is 1. The highest BCUT2D eigenvalue weighted by atomic mass is 31.2. The molecule has 3 unspecified atom stereocenters. The Labute approximate surface area is 442 Å². The summed E-state index contributed by atoms with van der Waals surface area (Å²) >= 11 is 0. The smallest absolute Gasteiger partial charge is 0.387 e. The number of hydrogen-bond donors (Lipinski definition) is 3. The Hall–Kier alpha value is -1.28. The van der Waals surface area contributed by atoms with Gasteiger partial charge >= 0.3 is 7.82 Å². The summed E-state index contributed by atoms with van der Waals surface area (Å²) in [6.45, 7) is 4.84. The zero-order chi connectivity index (χ0) is 52.0. The van der Waals surface area contributed by atoms with E-state index in [-0.39, 0.29) is 19.1 Å². The molecule has 71 heavy (non-hydrogen) atoms. The van der Waals surface area contributed by atoms with Crippen LogP contribution in [0.3, 0.4) is 0 Å². The van der Waals surface area contributed by atoms with Crippen molar-refractivity contribution in [1.82, 2.24) is 5.32 Å². The molecule has 0 saturated heterocycles. The fourth-order valence-corrected chi connectivity index (χ4v) is 9.97. The number of phosphoric ester groups is 1. The Morgan fingerprint density at radius 1 is 0.465 bits per heavy atom. The standard InChI is InChI=1S/C62H121N2O6P/c1-6-8-10-12-14-16-18-20-22-24-26-28-30-32-34-36-38-40-42-44-46-48-50-52-54-56-62(66)63-60(59-70-71(67,68)69-58-57-64(3,4)5)61(65)55-53-51-49-47-45-43-41-39-37-35-33-31-29-27-25-23-21-19-17-15-13-11-9-7-2/h24,26,45,47,53,55,60-61,65H,6-23,25,27-44,46,48-52,54,56-59H2,1-5H3,(H-,63,66,67,68)/p+1/b26-24-,47-45+,55-53+. The Bertz CT molecular complexity index is 1250. The first kappa shape index (κ1) is 69.7. The SMILES string of the molecule is CCCCCCCCCC/C=C\CCCCCCCCCCCCCCCC(=O)NC(COP(=O)(O)OCC[N+](C)(C)C)C(O)/C=C/CC/C=C/CCCCCCCCCCCCCCCCCCCC. The van der Waals surface area contributed by atoms with Crippen molar-refractivity contribution >= 4 is 13.7 Å². The molecule has 0 spiro atoms. The van der Waals surface area contributed by atoms with Gasteiger partial charge in [-0.25, -0.2) is 4.57 Å². The first-order valence-electron chi connectivity index (χ1n) is 30.9. The van der Waals surface area contributed by atoms with Crippen LogP contribution in [0.1, 0.15) is 303 Å². The number of nitrogens with zero attached hydrogens (tertiary/aromatic N) is 1. The summed E-state index contributed by atoms with van der Waals surface area (Å²) < 4.78 is 23.7. The number of quaternary nitrogens is 1. The molecular weight excluding hydrogens is 900 g/mol. The van der Waals surface area contributed by atoms with Crippen LogP contribution in [-0.2, 0) is 18.4 Å². The number of phosphoric acid groups is 1. The van der Waals surface area contributed by atoms with Gasteiger partial charge in [0.05, 0.1) is 39.9 Å². The fourth-order valence-electron chi connectivity index (χ4n) is 9.23. The van der Waals surface area contributed by atoms with Crippen molar-refractivity contribution in [3.63, 3.8) is 0 Å². The average Bonchev–Trinajstić information content (AvgIpc) is 3.33. The minimum Gasteiger partial charge on any atom is -0.387 e. The summed E-state index contributed by atoms with van der Waals surface area (Å²) in [5.41, 5.74) is 0. The second kappa shape index (κ2) is 53.5. The van der Waals surface area contributed by atoms with Crippen molar-refractivity contribution in [2.45, 2.75) is 315 Å². The number of amides is 1. The predicted molar refractivity (Wildman–Crippen MR) is 309 cm³/mol. The van der Waals surface area contributed by atoms with Gasteiger partial charge in [-0.05, 0) is 57.8 Å². The van der Waals surface area contributed by atoms with E-state index in [4.69, 9.17) is 9.05 Å². The van der Waals surface area contributed by atoms with Crippen molar-refractivity contribution in [1.29, 1.82) is 0 Å². The van der Waals surface area contributed by atoms with Gasteiger partial charge in [0.15, 0.2) is 0 Å². The zero-order valence-corrected chi connectivity index (χ0v) is 48.9. The first-order valence-corrected chi connectivity index (χ1v) is 32.4. The molecule has 3 N–H and O–H groups in total. The highest BCUT2D eigenvalue weighted by molar-refractivity contribution is 7.47.